The van der Waals surface area contributed by atoms with Crippen LogP contribution in [-0.4, -0.2) is 42.4 Å². The van der Waals surface area contributed by atoms with Crippen LogP contribution in [0.2, 0.25) is 0 Å². The summed E-state index contributed by atoms with van der Waals surface area (Å²) in [6.07, 6.45) is 5.79. The maximum absolute atomic E-state index is 12.0. The summed E-state index contributed by atoms with van der Waals surface area (Å²) < 4.78 is 0. The molecule has 2 saturated carbocycles. The van der Waals surface area contributed by atoms with Gasteiger partial charge in [0.05, 0.1) is 6.54 Å². The van der Waals surface area contributed by atoms with E-state index in [4.69, 9.17) is 5.73 Å². The summed E-state index contributed by atoms with van der Waals surface area (Å²) in [4.78, 5) is 25.1. The molecule has 0 bridgehead atoms. The highest BCUT2D eigenvalue weighted by Gasteiger charge is 2.28. The SMILES string of the molecule is CN(CC(=O)NC1CC1)C(=O)C[C@@H]1CCC[C@H]1N.Cl. The predicted octanol–water partition coefficient (Wildman–Crippen LogP) is 0.663. The number of carbonyl (C=O) groups excluding carboxylic acids is 2. The van der Waals surface area contributed by atoms with Crippen molar-refractivity contribution in [1.29, 1.82) is 0 Å². The molecule has 0 aliphatic heterocycles. The highest BCUT2D eigenvalue weighted by atomic mass is 35.5. The first kappa shape index (κ1) is 16.2. The molecule has 0 aromatic carbocycles. The first-order chi connectivity index (χ1) is 8.56. The van der Waals surface area contributed by atoms with Crippen molar-refractivity contribution in [3.63, 3.8) is 0 Å². The van der Waals surface area contributed by atoms with Crippen LogP contribution in [0.4, 0.5) is 0 Å². The summed E-state index contributed by atoms with van der Waals surface area (Å²) in [6.45, 7) is 0.164. The summed E-state index contributed by atoms with van der Waals surface area (Å²) in [6, 6.07) is 0.506. The Balaban J connectivity index is 0.00000180. The van der Waals surface area contributed by atoms with E-state index in [2.05, 4.69) is 5.32 Å². The molecular weight excluding hydrogens is 266 g/mol. The van der Waals surface area contributed by atoms with Crippen molar-refractivity contribution in [2.45, 2.75) is 50.6 Å². The van der Waals surface area contributed by atoms with Crippen molar-refractivity contribution in [2.75, 3.05) is 13.6 Å². The van der Waals surface area contributed by atoms with Crippen LogP contribution >= 0.6 is 12.4 Å². The number of nitrogens with two attached hydrogens (primary N) is 1. The Morgan fingerprint density at radius 3 is 2.47 bits per heavy atom. The molecule has 2 aliphatic carbocycles. The molecule has 5 nitrogen and oxygen atoms in total. The maximum atomic E-state index is 12.0. The first-order valence-corrected chi connectivity index (χ1v) is 6.85. The summed E-state index contributed by atoms with van der Waals surface area (Å²) in [5.74, 6) is 0.277. The Morgan fingerprint density at radius 1 is 1.26 bits per heavy atom. The number of carbonyl (C=O) groups is 2. The van der Waals surface area contributed by atoms with Gasteiger partial charge in [-0.1, -0.05) is 6.42 Å². The zero-order valence-corrected chi connectivity index (χ0v) is 12.2. The van der Waals surface area contributed by atoms with Crippen molar-refractivity contribution in [1.82, 2.24) is 10.2 Å². The maximum Gasteiger partial charge on any atom is 0.239 e. The molecule has 2 aliphatic rings. The van der Waals surface area contributed by atoms with Crippen LogP contribution in [0.3, 0.4) is 0 Å². The lowest BCUT2D eigenvalue weighted by molar-refractivity contribution is -0.135. The topological polar surface area (TPSA) is 75.4 Å². The highest BCUT2D eigenvalue weighted by Crippen LogP contribution is 2.27. The Labute approximate surface area is 120 Å². The van der Waals surface area contributed by atoms with Crippen molar-refractivity contribution < 1.29 is 9.59 Å². The highest BCUT2D eigenvalue weighted by molar-refractivity contribution is 5.85. The number of nitrogens with one attached hydrogen (secondary N) is 1. The van der Waals surface area contributed by atoms with Gasteiger partial charge in [-0.2, -0.15) is 0 Å². The minimum atomic E-state index is -0.0518. The quantitative estimate of drug-likeness (QED) is 0.781. The van der Waals surface area contributed by atoms with Crippen molar-refractivity contribution >= 4 is 24.2 Å². The molecule has 0 aromatic heterocycles. The first-order valence-electron chi connectivity index (χ1n) is 6.85. The molecule has 0 radical (unpaired) electrons. The molecule has 2 rings (SSSR count). The van der Waals surface area contributed by atoms with E-state index in [1.165, 1.54) is 4.90 Å². The van der Waals surface area contributed by atoms with Crippen LogP contribution < -0.4 is 11.1 Å². The van der Waals surface area contributed by atoms with Crippen LogP contribution in [0.25, 0.3) is 0 Å². The van der Waals surface area contributed by atoms with E-state index < -0.39 is 0 Å². The van der Waals surface area contributed by atoms with Gasteiger partial charge in [0.2, 0.25) is 11.8 Å². The Bertz CT molecular complexity index is 334. The minimum Gasteiger partial charge on any atom is -0.352 e. The lowest BCUT2D eigenvalue weighted by Crippen LogP contribution is -2.40. The average Bonchev–Trinajstić information content (AvgIpc) is 3.02. The van der Waals surface area contributed by atoms with E-state index in [1.807, 2.05) is 0 Å². The third-order valence-electron chi connectivity index (χ3n) is 3.90. The molecular formula is C13H24ClN3O2. The van der Waals surface area contributed by atoms with Gasteiger partial charge < -0.3 is 16.0 Å². The number of rotatable bonds is 5. The van der Waals surface area contributed by atoms with Gasteiger partial charge in [0.25, 0.3) is 0 Å². The zero-order valence-electron chi connectivity index (χ0n) is 11.4. The molecule has 3 N–H and O–H groups in total. The van der Waals surface area contributed by atoms with E-state index in [0.717, 1.165) is 32.1 Å². The summed E-state index contributed by atoms with van der Waals surface area (Å²) in [5, 5.41) is 2.88. The molecule has 2 fully saturated rings. The van der Waals surface area contributed by atoms with Gasteiger partial charge in [0.1, 0.15) is 0 Å². The van der Waals surface area contributed by atoms with E-state index in [0.29, 0.717) is 18.4 Å². The summed E-state index contributed by atoms with van der Waals surface area (Å²) in [5.41, 5.74) is 5.95. The molecule has 19 heavy (non-hydrogen) atoms. The smallest absolute Gasteiger partial charge is 0.239 e. The van der Waals surface area contributed by atoms with Gasteiger partial charge in [-0.3, -0.25) is 9.59 Å². The molecule has 0 spiro atoms. The van der Waals surface area contributed by atoms with Gasteiger partial charge in [0.15, 0.2) is 0 Å². The fourth-order valence-corrected chi connectivity index (χ4v) is 2.50. The summed E-state index contributed by atoms with van der Waals surface area (Å²) >= 11 is 0. The second-order valence-corrected chi connectivity index (χ2v) is 5.65. The normalized spacial score (nSPS) is 25.6. The monoisotopic (exact) mass is 289 g/mol. The fraction of sp³-hybridized carbons (Fsp3) is 0.846. The largest absolute Gasteiger partial charge is 0.352 e. The number of amides is 2. The second-order valence-electron chi connectivity index (χ2n) is 5.65. The van der Waals surface area contributed by atoms with Crippen molar-refractivity contribution in [3.8, 4) is 0 Å². The van der Waals surface area contributed by atoms with Crippen LogP contribution in [0.1, 0.15) is 38.5 Å². The molecule has 110 valence electrons. The average molecular weight is 290 g/mol. The predicted molar refractivity (Wildman–Crippen MR) is 76.0 cm³/mol. The van der Waals surface area contributed by atoms with Gasteiger partial charge in [-0.05, 0) is 31.6 Å². The van der Waals surface area contributed by atoms with E-state index >= 15 is 0 Å². The Hall–Kier alpha value is -0.810. The lowest BCUT2D eigenvalue weighted by Gasteiger charge is -2.20. The molecule has 0 unspecified atom stereocenters. The molecule has 6 heteroatoms. The number of halogens is 1. The van der Waals surface area contributed by atoms with Gasteiger partial charge in [-0.25, -0.2) is 0 Å². The molecule has 0 aromatic rings. The van der Waals surface area contributed by atoms with Crippen LogP contribution in [0.15, 0.2) is 0 Å². The molecule has 0 saturated heterocycles. The number of hydrogen-bond acceptors (Lipinski definition) is 3. The van der Waals surface area contributed by atoms with Crippen LogP contribution in [0.5, 0.6) is 0 Å². The van der Waals surface area contributed by atoms with E-state index in [1.54, 1.807) is 7.05 Å². The van der Waals surface area contributed by atoms with Crippen molar-refractivity contribution in [3.05, 3.63) is 0 Å². The molecule has 2 atom stereocenters. The number of hydrogen-bond donors (Lipinski definition) is 2. The summed E-state index contributed by atoms with van der Waals surface area (Å²) in [7, 11) is 1.69. The number of nitrogens with zero attached hydrogens (tertiary/aromatic N) is 1. The Kier molecular flexibility index (Phi) is 6.07. The van der Waals surface area contributed by atoms with Crippen molar-refractivity contribution in [2.24, 2.45) is 11.7 Å². The Morgan fingerprint density at radius 2 is 1.95 bits per heavy atom. The van der Waals surface area contributed by atoms with Gasteiger partial charge in [0, 0.05) is 25.6 Å². The van der Waals surface area contributed by atoms with Crippen LogP contribution in [-0.2, 0) is 9.59 Å². The number of likely N-dealkylation sites (N-methyl/N-ethyl adjacent to an activating group) is 1. The minimum absolute atomic E-state index is 0. The van der Waals surface area contributed by atoms with Crippen LogP contribution in [0, 0.1) is 5.92 Å². The third kappa shape index (κ3) is 4.99. The van der Waals surface area contributed by atoms with E-state index in [-0.39, 0.29) is 36.8 Å². The molecule has 2 amide bonds. The second kappa shape index (κ2) is 7.10. The lowest BCUT2D eigenvalue weighted by atomic mass is 9.99. The fourth-order valence-electron chi connectivity index (χ4n) is 2.50. The molecule has 0 heterocycles. The third-order valence-corrected chi connectivity index (χ3v) is 3.90. The van der Waals surface area contributed by atoms with E-state index in [9.17, 15) is 9.59 Å². The standard InChI is InChI=1S/C13H23N3O2.ClH/c1-16(8-12(17)15-10-5-6-10)13(18)7-9-3-2-4-11(9)14;/h9-11H,2-8,14H2,1H3,(H,15,17);1H/t9-,11+;/m0./s1. The zero-order chi connectivity index (χ0) is 13.1. The van der Waals surface area contributed by atoms with Gasteiger partial charge >= 0.3 is 0 Å². The van der Waals surface area contributed by atoms with Gasteiger partial charge in [-0.15, -0.1) is 12.4 Å².